The molecule has 0 aromatic carbocycles. The van der Waals surface area contributed by atoms with Crippen LogP contribution in [-0.2, 0) is 17.4 Å². The molecule has 0 bridgehead atoms. The molecule has 10 heavy (non-hydrogen) atoms. The SMILES string of the molecule is O=[SH](=O)NCc1ccsc1. The van der Waals surface area contributed by atoms with Gasteiger partial charge in [0, 0.05) is 6.54 Å². The number of thiol groups is 1. The Morgan fingerprint density at radius 1 is 1.60 bits per heavy atom. The van der Waals surface area contributed by atoms with E-state index in [0.717, 1.165) is 5.56 Å². The van der Waals surface area contributed by atoms with Gasteiger partial charge < -0.3 is 0 Å². The molecule has 0 radical (unpaired) electrons. The molecule has 0 saturated carbocycles. The minimum absolute atomic E-state index is 0.405. The summed E-state index contributed by atoms with van der Waals surface area (Å²) in [6.45, 7) is 0.405. The van der Waals surface area contributed by atoms with Gasteiger partial charge in [-0.1, -0.05) is 0 Å². The first-order chi connectivity index (χ1) is 4.79. The van der Waals surface area contributed by atoms with E-state index in [4.69, 9.17) is 0 Å². The van der Waals surface area contributed by atoms with Gasteiger partial charge in [-0.15, -0.1) is 0 Å². The molecular formula is C5H7NO2S2. The second-order valence-electron chi connectivity index (χ2n) is 1.72. The third-order valence-electron chi connectivity index (χ3n) is 0.992. The highest BCUT2D eigenvalue weighted by molar-refractivity contribution is 7.70. The Morgan fingerprint density at radius 3 is 2.90 bits per heavy atom. The summed E-state index contributed by atoms with van der Waals surface area (Å²) in [6, 6.07) is 1.89. The smallest absolute Gasteiger partial charge is 0.201 e. The molecule has 0 aliphatic rings. The predicted molar refractivity (Wildman–Crippen MR) is 41.5 cm³/mol. The molecule has 0 atom stereocenters. The van der Waals surface area contributed by atoms with Crippen molar-refractivity contribution in [2.75, 3.05) is 0 Å². The first-order valence-corrected chi connectivity index (χ1v) is 4.80. The third-order valence-corrected chi connectivity index (χ3v) is 2.14. The number of hydrogen-bond acceptors (Lipinski definition) is 3. The summed E-state index contributed by atoms with van der Waals surface area (Å²) in [6.07, 6.45) is 0. The van der Waals surface area contributed by atoms with E-state index in [9.17, 15) is 8.42 Å². The fourth-order valence-corrected chi connectivity index (χ4v) is 1.53. The van der Waals surface area contributed by atoms with Crippen molar-refractivity contribution < 1.29 is 8.42 Å². The molecule has 0 fully saturated rings. The van der Waals surface area contributed by atoms with Crippen LogP contribution in [0.15, 0.2) is 16.8 Å². The van der Waals surface area contributed by atoms with Crippen LogP contribution in [0.3, 0.4) is 0 Å². The second-order valence-corrected chi connectivity index (χ2v) is 3.33. The van der Waals surface area contributed by atoms with Gasteiger partial charge in [0.2, 0.25) is 10.9 Å². The highest BCUT2D eigenvalue weighted by Crippen LogP contribution is 2.04. The zero-order chi connectivity index (χ0) is 7.40. The average molecular weight is 177 g/mol. The second kappa shape index (κ2) is 3.70. The van der Waals surface area contributed by atoms with E-state index in [1.54, 1.807) is 11.3 Å². The van der Waals surface area contributed by atoms with Gasteiger partial charge in [0.15, 0.2) is 0 Å². The van der Waals surface area contributed by atoms with E-state index in [0.29, 0.717) is 6.54 Å². The Bertz CT molecular complexity index is 245. The molecule has 0 aliphatic carbocycles. The summed E-state index contributed by atoms with van der Waals surface area (Å²) < 4.78 is 22.4. The minimum Gasteiger partial charge on any atom is -0.216 e. The molecule has 1 aromatic heterocycles. The standard InChI is InChI=1S/C5H7NO2S2/c7-10(8)6-3-5-1-2-9-4-5/h1-2,4,10H,3H2,(H,6,7,8). The monoisotopic (exact) mass is 177 g/mol. The highest BCUT2D eigenvalue weighted by atomic mass is 32.2. The van der Waals surface area contributed by atoms with Crippen LogP contribution in [0.1, 0.15) is 5.56 Å². The Hall–Kier alpha value is -0.390. The van der Waals surface area contributed by atoms with Crippen molar-refractivity contribution in [3.05, 3.63) is 22.4 Å². The molecule has 0 amide bonds. The summed E-state index contributed by atoms with van der Waals surface area (Å²) in [5.41, 5.74) is 1.00. The van der Waals surface area contributed by atoms with Crippen LogP contribution < -0.4 is 4.72 Å². The van der Waals surface area contributed by atoms with Crippen LogP contribution in [0.4, 0.5) is 0 Å². The summed E-state index contributed by atoms with van der Waals surface area (Å²) >= 11 is 1.55. The van der Waals surface area contributed by atoms with Crippen LogP contribution in [0, 0.1) is 0 Å². The topological polar surface area (TPSA) is 46.2 Å². The van der Waals surface area contributed by atoms with Crippen molar-refractivity contribution >= 4 is 22.2 Å². The molecule has 0 spiro atoms. The van der Waals surface area contributed by atoms with Crippen molar-refractivity contribution in [3.63, 3.8) is 0 Å². The molecule has 56 valence electrons. The molecular weight excluding hydrogens is 170 g/mol. The third kappa shape index (κ3) is 2.47. The lowest BCUT2D eigenvalue weighted by Crippen LogP contribution is -2.09. The van der Waals surface area contributed by atoms with Crippen LogP contribution in [0.5, 0.6) is 0 Å². The van der Waals surface area contributed by atoms with E-state index in [-0.39, 0.29) is 0 Å². The zero-order valence-corrected chi connectivity index (χ0v) is 6.82. The Balaban J connectivity index is 2.42. The van der Waals surface area contributed by atoms with Gasteiger partial charge in [-0.05, 0) is 22.4 Å². The quantitative estimate of drug-likeness (QED) is 0.655. The molecule has 3 nitrogen and oxygen atoms in total. The summed E-state index contributed by atoms with van der Waals surface area (Å²) in [4.78, 5) is 0. The molecule has 0 saturated heterocycles. The van der Waals surface area contributed by atoms with E-state index in [2.05, 4.69) is 4.72 Å². The van der Waals surface area contributed by atoms with Gasteiger partial charge >= 0.3 is 0 Å². The summed E-state index contributed by atoms with van der Waals surface area (Å²) in [5, 5.41) is 3.82. The fourth-order valence-electron chi connectivity index (χ4n) is 0.549. The molecule has 1 heterocycles. The van der Waals surface area contributed by atoms with Crippen molar-refractivity contribution in [1.82, 2.24) is 4.72 Å². The van der Waals surface area contributed by atoms with Crippen molar-refractivity contribution in [1.29, 1.82) is 0 Å². The van der Waals surface area contributed by atoms with Gasteiger partial charge in [0.25, 0.3) is 0 Å². The normalized spacial score (nSPS) is 10.5. The first-order valence-electron chi connectivity index (χ1n) is 2.68. The molecule has 5 heteroatoms. The lowest BCUT2D eigenvalue weighted by Gasteiger charge is -1.90. The summed E-state index contributed by atoms with van der Waals surface area (Å²) in [5.74, 6) is 0. The van der Waals surface area contributed by atoms with Gasteiger partial charge in [-0.3, -0.25) is 0 Å². The van der Waals surface area contributed by atoms with Crippen molar-refractivity contribution in [3.8, 4) is 0 Å². The average Bonchev–Trinajstić information content (AvgIpc) is 2.34. The molecule has 0 unspecified atom stereocenters. The van der Waals surface area contributed by atoms with Gasteiger partial charge in [-0.2, -0.15) is 11.3 Å². The molecule has 0 aliphatic heterocycles. The molecule has 1 N–H and O–H groups in total. The van der Waals surface area contributed by atoms with Gasteiger partial charge in [0.05, 0.1) is 0 Å². The predicted octanol–water partition coefficient (Wildman–Crippen LogP) is 0.364. The van der Waals surface area contributed by atoms with E-state index in [1.807, 2.05) is 16.8 Å². The number of hydrogen-bond donors (Lipinski definition) is 2. The van der Waals surface area contributed by atoms with Crippen LogP contribution in [-0.4, -0.2) is 8.42 Å². The number of nitrogens with one attached hydrogen (secondary N) is 1. The maximum absolute atomic E-state index is 10.0. The lowest BCUT2D eigenvalue weighted by atomic mass is 10.4. The Morgan fingerprint density at radius 2 is 2.40 bits per heavy atom. The van der Waals surface area contributed by atoms with E-state index in [1.165, 1.54) is 0 Å². The van der Waals surface area contributed by atoms with Gasteiger partial charge in [0.1, 0.15) is 0 Å². The Labute approximate surface area is 64.8 Å². The maximum atomic E-state index is 10.0. The zero-order valence-electron chi connectivity index (χ0n) is 5.11. The lowest BCUT2D eigenvalue weighted by molar-refractivity contribution is 0.601. The van der Waals surface area contributed by atoms with E-state index < -0.39 is 10.9 Å². The maximum Gasteiger partial charge on any atom is 0.201 e. The fraction of sp³-hybridized carbons (Fsp3) is 0.200. The van der Waals surface area contributed by atoms with Gasteiger partial charge in [-0.25, -0.2) is 13.1 Å². The van der Waals surface area contributed by atoms with Crippen LogP contribution in [0.25, 0.3) is 0 Å². The Kier molecular flexibility index (Phi) is 2.85. The molecule has 1 aromatic rings. The van der Waals surface area contributed by atoms with Crippen molar-refractivity contribution in [2.45, 2.75) is 6.54 Å². The first kappa shape index (κ1) is 7.71. The largest absolute Gasteiger partial charge is 0.216 e. The number of rotatable bonds is 3. The minimum atomic E-state index is -2.45. The van der Waals surface area contributed by atoms with E-state index >= 15 is 0 Å². The summed E-state index contributed by atoms with van der Waals surface area (Å²) in [7, 11) is -2.45. The van der Waals surface area contributed by atoms with Crippen LogP contribution >= 0.6 is 11.3 Å². The van der Waals surface area contributed by atoms with Crippen LogP contribution in [0.2, 0.25) is 0 Å². The van der Waals surface area contributed by atoms with Crippen molar-refractivity contribution in [2.24, 2.45) is 0 Å². The number of thiophene rings is 1. The highest BCUT2D eigenvalue weighted by Gasteiger charge is 1.90. The molecule has 1 rings (SSSR count).